The van der Waals surface area contributed by atoms with E-state index in [0.717, 1.165) is 70.4 Å². The molecular formula is C21H30N6O. The zero-order valence-corrected chi connectivity index (χ0v) is 16.6. The molecule has 150 valence electrons. The van der Waals surface area contributed by atoms with Gasteiger partial charge in [-0.1, -0.05) is 12.1 Å². The van der Waals surface area contributed by atoms with Gasteiger partial charge in [0.05, 0.1) is 0 Å². The van der Waals surface area contributed by atoms with Gasteiger partial charge in [-0.3, -0.25) is 9.79 Å². The first-order valence-corrected chi connectivity index (χ1v) is 10.1. The molecule has 0 aliphatic carbocycles. The predicted octanol–water partition coefficient (Wildman–Crippen LogP) is 1.81. The van der Waals surface area contributed by atoms with Crippen LogP contribution in [0.5, 0.6) is 0 Å². The van der Waals surface area contributed by atoms with Crippen LogP contribution in [0.15, 0.2) is 58.6 Å². The van der Waals surface area contributed by atoms with E-state index in [1.165, 1.54) is 0 Å². The minimum Gasteiger partial charge on any atom is -0.357 e. The summed E-state index contributed by atoms with van der Waals surface area (Å²) in [6, 6.07) is 11.3. The number of rotatable bonds is 7. The van der Waals surface area contributed by atoms with Crippen LogP contribution in [0.4, 0.5) is 5.82 Å². The van der Waals surface area contributed by atoms with E-state index in [1.54, 1.807) is 16.7 Å². The SMILES string of the molecule is CCNC(=NCCCCn1ccccc1=O)N1CCN(c2ccccn2)CC1. The Labute approximate surface area is 166 Å². The molecule has 0 aromatic carbocycles. The van der Waals surface area contributed by atoms with Crippen molar-refractivity contribution in [1.82, 2.24) is 19.8 Å². The van der Waals surface area contributed by atoms with Gasteiger partial charge >= 0.3 is 0 Å². The van der Waals surface area contributed by atoms with E-state index in [0.29, 0.717) is 0 Å². The Bertz CT molecular complexity index is 796. The molecule has 0 atom stereocenters. The minimum atomic E-state index is 0.0603. The Morgan fingerprint density at radius 1 is 1.11 bits per heavy atom. The normalized spacial score (nSPS) is 15.0. The van der Waals surface area contributed by atoms with Gasteiger partial charge < -0.3 is 19.7 Å². The highest BCUT2D eigenvalue weighted by atomic mass is 16.1. The summed E-state index contributed by atoms with van der Waals surface area (Å²) in [4.78, 5) is 25.6. The van der Waals surface area contributed by atoms with Crippen LogP contribution in [-0.2, 0) is 6.54 Å². The summed E-state index contributed by atoms with van der Waals surface area (Å²) >= 11 is 0. The Morgan fingerprint density at radius 3 is 2.64 bits per heavy atom. The summed E-state index contributed by atoms with van der Waals surface area (Å²) in [7, 11) is 0. The van der Waals surface area contributed by atoms with Crippen LogP contribution in [0.25, 0.3) is 0 Å². The number of guanidine groups is 1. The van der Waals surface area contributed by atoms with Gasteiger partial charge in [-0.05, 0) is 38.0 Å². The van der Waals surface area contributed by atoms with Crippen molar-refractivity contribution >= 4 is 11.8 Å². The molecule has 1 saturated heterocycles. The summed E-state index contributed by atoms with van der Waals surface area (Å²) in [5.74, 6) is 2.03. The molecule has 28 heavy (non-hydrogen) atoms. The predicted molar refractivity (Wildman–Crippen MR) is 114 cm³/mol. The van der Waals surface area contributed by atoms with Crippen molar-refractivity contribution in [3.8, 4) is 0 Å². The number of piperazine rings is 1. The van der Waals surface area contributed by atoms with Gasteiger partial charge in [-0.2, -0.15) is 0 Å². The molecule has 7 heteroatoms. The molecule has 0 spiro atoms. The third kappa shape index (κ3) is 5.58. The third-order valence-corrected chi connectivity index (χ3v) is 4.86. The molecule has 1 N–H and O–H groups in total. The molecule has 0 saturated carbocycles. The Kier molecular flexibility index (Phi) is 7.46. The van der Waals surface area contributed by atoms with E-state index in [2.05, 4.69) is 33.1 Å². The van der Waals surface area contributed by atoms with E-state index in [1.807, 2.05) is 30.6 Å². The molecule has 1 fully saturated rings. The lowest BCUT2D eigenvalue weighted by atomic mass is 10.3. The molecule has 0 unspecified atom stereocenters. The van der Waals surface area contributed by atoms with Crippen molar-refractivity contribution in [2.75, 3.05) is 44.2 Å². The van der Waals surface area contributed by atoms with Crippen LogP contribution < -0.4 is 15.8 Å². The van der Waals surface area contributed by atoms with Crippen molar-refractivity contribution in [3.63, 3.8) is 0 Å². The lowest BCUT2D eigenvalue weighted by Gasteiger charge is -2.37. The van der Waals surface area contributed by atoms with Crippen LogP contribution in [-0.4, -0.2) is 59.7 Å². The highest BCUT2D eigenvalue weighted by Crippen LogP contribution is 2.12. The number of hydrogen-bond donors (Lipinski definition) is 1. The maximum Gasteiger partial charge on any atom is 0.250 e. The van der Waals surface area contributed by atoms with Gasteiger partial charge in [-0.15, -0.1) is 0 Å². The molecule has 3 rings (SSSR count). The van der Waals surface area contributed by atoms with E-state index in [4.69, 9.17) is 4.99 Å². The number of nitrogens with one attached hydrogen (secondary N) is 1. The number of anilines is 1. The quantitative estimate of drug-likeness (QED) is 0.449. The highest BCUT2D eigenvalue weighted by molar-refractivity contribution is 5.80. The van der Waals surface area contributed by atoms with Crippen molar-refractivity contribution in [2.24, 2.45) is 4.99 Å². The van der Waals surface area contributed by atoms with Crippen molar-refractivity contribution < 1.29 is 0 Å². The lowest BCUT2D eigenvalue weighted by molar-refractivity contribution is 0.371. The van der Waals surface area contributed by atoms with Crippen LogP contribution in [0.1, 0.15) is 19.8 Å². The molecule has 3 heterocycles. The topological polar surface area (TPSA) is 65.8 Å². The average molecular weight is 383 g/mol. The molecule has 0 radical (unpaired) electrons. The molecule has 1 aliphatic rings. The van der Waals surface area contributed by atoms with Gasteiger partial charge in [0.1, 0.15) is 5.82 Å². The molecule has 0 amide bonds. The smallest absolute Gasteiger partial charge is 0.250 e. The van der Waals surface area contributed by atoms with Crippen molar-refractivity contribution in [2.45, 2.75) is 26.3 Å². The standard InChI is InChI=1S/C21H30N6O/c1-2-22-21(24-12-6-8-14-26-13-7-4-10-20(26)28)27-17-15-25(16-18-27)19-9-3-5-11-23-19/h3-5,7,9-11,13H,2,6,8,12,14-18H2,1H3,(H,22,24). The summed E-state index contributed by atoms with van der Waals surface area (Å²) < 4.78 is 1.76. The maximum atomic E-state index is 11.7. The highest BCUT2D eigenvalue weighted by Gasteiger charge is 2.20. The van der Waals surface area contributed by atoms with Gasteiger partial charge in [0.15, 0.2) is 5.96 Å². The lowest BCUT2D eigenvalue weighted by Crippen LogP contribution is -2.52. The van der Waals surface area contributed by atoms with Gasteiger partial charge in [0, 0.05) is 64.3 Å². The first-order valence-electron chi connectivity index (χ1n) is 10.1. The number of aliphatic imine (C=N–C) groups is 1. The number of unbranched alkanes of at least 4 members (excludes halogenated alkanes) is 1. The number of aryl methyl sites for hydroxylation is 1. The molecule has 2 aromatic heterocycles. The number of nitrogens with zero attached hydrogens (tertiary/aromatic N) is 5. The van der Waals surface area contributed by atoms with Gasteiger partial charge in [0.25, 0.3) is 0 Å². The largest absolute Gasteiger partial charge is 0.357 e. The zero-order valence-electron chi connectivity index (χ0n) is 16.6. The Hall–Kier alpha value is -2.83. The van der Waals surface area contributed by atoms with Crippen molar-refractivity contribution in [3.05, 3.63) is 59.1 Å². The fraction of sp³-hybridized carbons (Fsp3) is 0.476. The van der Waals surface area contributed by atoms with E-state index in [-0.39, 0.29) is 5.56 Å². The van der Waals surface area contributed by atoms with E-state index < -0.39 is 0 Å². The molecule has 7 nitrogen and oxygen atoms in total. The fourth-order valence-electron chi connectivity index (χ4n) is 3.34. The Morgan fingerprint density at radius 2 is 1.93 bits per heavy atom. The van der Waals surface area contributed by atoms with Crippen LogP contribution in [0.2, 0.25) is 0 Å². The minimum absolute atomic E-state index is 0.0603. The summed E-state index contributed by atoms with van der Waals surface area (Å²) in [5, 5.41) is 3.41. The number of pyridine rings is 2. The molecule has 1 aliphatic heterocycles. The second-order valence-corrected chi connectivity index (χ2v) is 6.84. The molecular weight excluding hydrogens is 352 g/mol. The van der Waals surface area contributed by atoms with Crippen LogP contribution in [0.3, 0.4) is 0 Å². The molecule has 0 bridgehead atoms. The Balaban J connectivity index is 1.46. The second kappa shape index (κ2) is 10.5. The summed E-state index contributed by atoms with van der Waals surface area (Å²) in [5.41, 5.74) is 0.0603. The fourth-order valence-corrected chi connectivity index (χ4v) is 3.34. The zero-order chi connectivity index (χ0) is 19.6. The average Bonchev–Trinajstić information content (AvgIpc) is 2.75. The monoisotopic (exact) mass is 382 g/mol. The number of aromatic nitrogens is 2. The van der Waals surface area contributed by atoms with Crippen LogP contribution >= 0.6 is 0 Å². The summed E-state index contributed by atoms with van der Waals surface area (Å²) in [6.07, 6.45) is 5.60. The van der Waals surface area contributed by atoms with Gasteiger partial charge in [-0.25, -0.2) is 4.98 Å². The second-order valence-electron chi connectivity index (χ2n) is 6.84. The number of hydrogen-bond acceptors (Lipinski definition) is 4. The van der Waals surface area contributed by atoms with Gasteiger partial charge in [0.2, 0.25) is 5.56 Å². The van der Waals surface area contributed by atoms with E-state index in [9.17, 15) is 4.79 Å². The molecule has 2 aromatic rings. The first-order chi connectivity index (χ1) is 13.8. The maximum absolute atomic E-state index is 11.7. The third-order valence-electron chi connectivity index (χ3n) is 4.86. The first kappa shape index (κ1) is 19.9. The van der Waals surface area contributed by atoms with Crippen LogP contribution in [0, 0.1) is 0 Å². The van der Waals surface area contributed by atoms with E-state index >= 15 is 0 Å². The summed E-state index contributed by atoms with van der Waals surface area (Å²) in [6.45, 7) is 8.22. The van der Waals surface area contributed by atoms with Crippen molar-refractivity contribution in [1.29, 1.82) is 0 Å².